The highest BCUT2D eigenvalue weighted by Crippen LogP contribution is 2.27. The van der Waals surface area contributed by atoms with Crippen LogP contribution in [0.4, 0.5) is 11.4 Å². The van der Waals surface area contributed by atoms with Crippen LogP contribution in [0.1, 0.15) is 12.8 Å². The Morgan fingerprint density at radius 1 is 1.38 bits per heavy atom. The molecule has 0 aromatic heterocycles. The fourth-order valence-electron chi connectivity index (χ4n) is 2.08. The highest BCUT2D eigenvalue weighted by atomic mass is 127. The predicted molar refractivity (Wildman–Crippen MR) is 75.8 cm³/mol. The SMILES string of the molecule is CN(c1ccc(N)cc1I)C1CCOCC1. The van der Waals surface area contributed by atoms with Crippen LogP contribution < -0.4 is 10.6 Å². The van der Waals surface area contributed by atoms with Gasteiger partial charge < -0.3 is 15.4 Å². The summed E-state index contributed by atoms with van der Waals surface area (Å²) in [7, 11) is 2.16. The lowest BCUT2D eigenvalue weighted by atomic mass is 10.1. The summed E-state index contributed by atoms with van der Waals surface area (Å²) in [6.07, 6.45) is 2.22. The highest BCUT2D eigenvalue weighted by molar-refractivity contribution is 14.1. The van der Waals surface area contributed by atoms with E-state index in [-0.39, 0.29) is 0 Å². The quantitative estimate of drug-likeness (QED) is 0.668. The van der Waals surface area contributed by atoms with Crippen LogP contribution in [0.2, 0.25) is 0 Å². The average molecular weight is 332 g/mol. The van der Waals surface area contributed by atoms with E-state index in [9.17, 15) is 0 Å². The number of hydrogen-bond acceptors (Lipinski definition) is 3. The van der Waals surface area contributed by atoms with Gasteiger partial charge in [-0.2, -0.15) is 0 Å². The second kappa shape index (κ2) is 5.23. The summed E-state index contributed by atoms with van der Waals surface area (Å²) in [6, 6.07) is 6.68. The van der Waals surface area contributed by atoms with Crippen LogP contribution in [0.15, 0.2) is 18.2 Å². The van der Waals surface area contributed by atoms with Crippen LogP contribution in [0.3, 0.4) is 0 Å². The number of hydrogen-bond donors (Lipinski definition) is 1. The largest absolute Gasteiger partial charge is 0.399 e. The van der Waals surface area contributed by atoms with Gasteiger partial charge in [0.1, 0.15) is 0 Å². The summed E-state index contributed by atoms with van der Waals surface area (Å²) in [5, 5.41) is 0. The minimum atomic E-state index is 0.589. The summed E-state index contributed by atoms with van der Waals surface area (Å²) in [4.78, 5) is 2.35. The summed E-state index contributed by atoms with van der Waals surface area (Å²) in [6.45, 7) is 1.75. The summed E-state index contributed by atoms with van der Waals surface area (Å²) < 4.78 is 6.60. The maximum atomic E-state index is 5.76. The molecule has 3 nitrogen and oxygen atoms in total. The molecule has 0 atom stereocenters. The molecule has 0 saturated carbocycles. The topological polar surface area (TPSA) is 38.5 Å². The lowest BCUT2D eigenvalue weighted by molar-refractivity contribution is 0.0854. The Morgan fingerprint density at radius 3 is 2.69 bits per heavy atom. The van der Waals surface area contributed by atoms with E-state index in [2.05, 4.69) is 40.6 Å². The molecule has 16 heavy (non-hydrogen) atoms. The van der Waals surface area contributed by atoms with Gasteiger partial charge in [0, 0.05) is 35.6 Å². The van der Waals surface area contributed by atoms with Gasteiger partial charge in [-0.1, -0.05) is 0 Å². The standard InChI is InChI=1S/C12H17IN2O/c1-15(10-4-6-16-7-5-10)12-3-2-9(14)8-11(12)13/h2-3,8,10H,4-7,14H2,1H3. The Kier molecular flexibility index (Phi) is 3.91. The predicted octanol–water partition coefficient (Wildman–Crippen LogP) is 2.49. The molecule has 88 valence electrons. The van der Waals surface area contributed by atoms with E-state index in [0.29, 0.717) is 6.04 Å². The number of ether oxygens (including phenoxy) is 1. The van der Waals surface area contributed by atoms with Crippen LogP contribution >= 0.6 is 22.6 Å². The smallest absolute Gasteiger partial charge is 0.0503 e. The fraction of sp³-hybridized carbons (Fsp3) is 0.500. The molecule has 1 aromatic rings. The van der Waals surface area contributed by atoms with Crippen molar-refractivity contribution in [2.75, 3.05) is 30.9 Å². The lowest BCUT2D eigenvalue weighted by Crippen LogP contribution is -2.37. The molecule has 0 amide bonds. The first-order valence-electron chi connectivity index (χ1n) is 5.54. The molecule has 1 fully saturated rings. The van der Waals surface area contributed by atoms with Crippen LogP contribution in [0.25, 0.3) is 0 Å². The summed E-state index contributed by atoms with van der Waals surface area (Å²) >= 11 is 2.34. The average Bonchev–Trinajstić information content (AvgIpc) is 2.29. The number of nitrogens with two attached hydrogens (primary N) is 1. The van der Waals surface area contributed by atoms with E-state index >= 15 is 0 Å². The summed E-state index contributed by atoms with van der Waals surface area (Å²) in [5.74, 6) is 0. The molecule has 0 aliphatic carbocycles. The van der Waals surface area contributed by atoms with E-state index in [1.54, 1.807) is 0 Å². The molecule has 0 radical (unpaired) electrons. The molecule has 1 aliphatic rings. The van der Waals surface area contributed by atoms with Crippen molar-refractivity contribution in [3.63, 3.8) is 0 Å². The molecule has 2 rings (SSSR count). The van der Waals surface area contributed by atoms with Crippen molar-refractivity contribution in [1.29, 1.82) is 0 Å². The minimum Gasteiger partial charge on any atom is -0.399 e. The Hall–Kier alpha value is -0.490. The maximum absolute atomic E-state index is 5.76. The van der Waals surface area contributed by atoms with Crippen LogP contribution in [-0.2, 0) is 4.74 Å². The molecule has 2 N–H and O–H groups in total. The van der Waals surface area contributed by atoms with Gasteiger partial charge in [-0.3, -0.25) is 0 Å². The van der Waals surface area contributed by atoms with Crippen molar-refractivity contribution in [2.45, 2.75) is 18.9 Å². The Bertz CT molecular complexity index is 364. The zero-order valence-corrected chi connectivity index (χ0v) is 11.6. The normalized spacial score (nSPS) is 17.4. The van der Waals surface area contributed by atoms with E-state index in [1.165, 1.54) is 9.26 Å². The number of rotatable bonds is 2. The first-order valence-corrected chi connectivity index (χ1v) is 6.62. The molecule has 0 bridgehead atoms. The van der Waals surface area contributed by atoms with Crippen molar-refractivity contribution >= 4 is 34.0 Å². The zero-order valence-electron chi connectivity index (χ0n) is 9.45. The van der Waals surface area contributed by atoms with Gasteiger partial charge in [0.15, 0.2) is 0 Å². The Labute approximate surface area is 110 Å². The second-order valence-electron chi connectivity index (χ2n) is 4.17. The van der Waals surface area contributed by atoms with Crippen molar-refractivity contribution in [3.8, 4) is 0 Å². The molecule has 0 spiro atoms. The van der Waals surface area contributed by atoms with Gasteiger partial charge in [0.25, 0.3) is 0 Å². The van der Waals surface area contributed by atoms with E-state index in [4.69, 9.17) is 10.5 Å². The molecule has 1 aliphatic heterocycles. The monoisotopic (exact) mass is 332 g/mol. The van der Waals surface area contributed by atoms with Gasteiger partial charge in [-0.15, -0.1) is 0 Å². The number of halogens is 1. The molecule has 4 heteroatoms. The molecular weight excluding hydrogens is 315 g/mol. The van der Waals surface area contributed by atoms with Crippen molar-refractivity contribution in [2.24, 2.45) is 0 Å². The van der Waals surface area contributed by atoms with Gasteiger partial charge in [-0.05, 0) is 53.6 Å². The number of anilines is 2. The van der Waals surface area contributed by atoms with E-state index in [0.717, 1.165) is 31.7 Å². The van der Waals surface area contributed by atoms with Gasteiger partial charge in [0.2, 0.25) is 0 Å². The second-order valence-corrected chi connectivity index (χ2v) is 5.33. The van der Waals surface area contributed by atoms with Crippen LogP contribution in [0.5, 0.6) is 0 Å². The van der Waals surface area contributed by atoms with Gasteiger partial charge in [0.05, 0.1) is 5.69 Å². The van der Waals surface area contributed by atoms with Crippen LogP contribution in [-0.4, -0.2) is 26.3 Å². The van der Waals surface area contributed by atoms with Gasteiger partial charge >= 0.3 is 0 Å². The first kappa shape index (κ1) is 12.0. The zero-order chi connectivity index (χ0) is 11.5. The molecule has 0 unspecified atom stereocenters. The number of benzene rings is 1. The third-order valence-electron chi connectivity index (χ3n) is 3.09. The molecule has 1 aromatic carbocycles. The Balaban J connectivity index is 2.15. The third-order valence-corrected chi connectivity index (χ3v) is 3.95. The maximum Gasteiger partial charge on any atom is 0.0503 e. The third kappa shape index (κ3) is 2.60. The highest BCUT2D eigenvalue weighted by Gasteiger charge is 2.19. The lowest BCUT2D eigenvalue weighted by Gasteiger charge is -2.33. The number of nitrogen functional groups attached to an aromatic ring is 1. The minimum absolute atomic E-state index is 0.589. The van der Waals surface area contributed by atoms with Crippen molar-refractivity contribution in [1.82, 2.24) is 0 Å². The van der Waals surface area contributed by atoms with Crippen molar-refractivity contribution in [3.05, 3.63) is 21.8 Å². The first-order chi connectivity index (χ1) is 7.68. The molecular formula is C12H17IN2O. The fourth-order valence-corrected chi connectivity index (χ4v) is 3.00. The summed E-state index contributed by atoms with van der Waals surface area (Å²) in [5.41, 5.74) is 7.86. The number of nitrogens with zero attached hydrogens (tertiary/aromatic N) is 1. The van der Waals surface area contributed by atoms with Crippen molar-refractivity contribution < 1.29 is 4.74 Å². The van der Waals surface area contributed by atoms with Crippen LogP contribution in [0, 0.1) is 3.57 Å². The molecule has 1 saturated heterocycles. The van der Waals surface area contributed by atoms with Gasteiger partial charge in [-0.25, -0.2) is 0 Å². The molecule has 1 heterocycles. The van der Waals surface area contributed by atoms with E-state index in [1.807, 2.05) is 12.1 Å². The Morgan fingerprint density at radius 2 is 2.06 bits per heavy atom. The van der Waals surface area contributed by atoms with E-state index < -0.39 is 0 Å².